The van der Waals surface area contributed by atoms with Gasteiger partial charge in [-0.05, 0) is 31.9 Å². The third-order valence-corrected chi connectivity index (χ3v) is 1.90. The third kappa shape index (κ3) is 2.26. The van der Waals surface area contributed by atoms with Crippen LogP contribution in [0, 0.1) is 33.1 Å². The molecule has 0 aliphatic rings. The minimum absolute atomic E-state index is 0.338. The van der Waals surface area contributed by atoms with Gasteiger partial charge < -0.3 is 4.74 Å². The molecule has 0 aliphatic heterocycles. The van der Waals surface area contributed by atoms with Gasteiger partial charge in [-0.3, -0.25) is 0 Å². The lowest BCUT2D eigenvalue weighted by Crippen LogP contribution is -1.98. The second kappa shape index (κ2) is 4.00. The molecule has 13 heavy (non-hydrogen) atoms. The topological polar surface area (TPSA) is 9.23 Å². The van der Waals surface area contributed by atoms with Crippen molar-refractivity contribution in [3.05, 3.63) is 28.8 Å². The smallest absolute Gasteiger partial charge is 0.148 e. The predicted molar refractivity (Wildman–Crippen MR) is 55.0 cm³/mol. The minimum atomic E-state index is 0.338. The van der Waals surface area contributed by atoms with E-state index in [1.807, 2.05) is 13.8 Å². The van der Waals surface area contributed by atoms with E-state index in [9.17, 15) is 0 Å². The van der Waals surface area contributed by atoms with Crippen LogP contribution in [0.3, 0.4) is 0 Å². The van der Waals surface area contributed by atoms with E-state index >= 15 is 0 Å². The van der Waals surface area contributed by atoms with Gasteiger partial charge in [0, 0.05) is 0 Å². The molecule has 0 radical (unpaired) electrons. The number of rotatable bonds is 2. The van der Waals surface area contributed by atoms with Crippen molar-refractivity contribution in [2.24, 2.45) is 0 Å². The Morgan fingerprint density at radius 1 is 1.23 bits per heavy atom. The van der Waals surface area contributed by atoms with Gasteiger partial charge >= 0.3 is 0 Å². The average Bonchev–Trinajstić information content (AvgIpc) is 2.02. The molecule has 0 aliphatic carbocycles. The van der Waals surface area contributed by atoms with Crippen LogP contribution >= 0.6 is 0 Å². The number of terminal acetylenes is 1. The molecule has 0 amide bonds. The lowest BCUT2D eigenvalue weighted by Gasteiger charge is -2.10. The van der Waals surface area contributed by atoms with Gasteiger partial charge in [-0.2, -0.15) is 0 Å². The molecular weight excluding hydrogens is 160 g/mol. The number of hydrogen-bond donors (Lipinski definition) is 0. The Bertz CT molecular complexity index is 322. The quantitative estimate of drug-likeness (QED) is 0.626. The Hall–Kier alpha value is -1.42. The van der Waals surface area contributed by atoms with Crippen molar-refractivity contribution >= 4 is 0 Å². The first kappa shape index (κ1) is 9.67. The molecule has 1 nitrogen and oxygen atoms in total. The van der Waals surface area contributed by atoms with Crippen molar-refractivity contribution in [2.75, 3.05) is 6.61 Å². The number of aryl methyl sites for hydroxylation is 3. The van der Waals surface area contributed by atoms with Gasteiger partial charge in [-0.1, -0.05) is 23.6 Å². The van der Waals surface area contributed by atoms with Gasteiger partial charge in [0.05, 0.1) is 0 Å². The van der Waals surface area contributed by atoms with Gasteiger partial charge in [-0.15, -0.1) is 6.42 Å². The lowest BCUT2D eigenvalue weighted by atomic mass is 10.1. The van der Waals surface area contributed by atoms with Crippen LogP contribution in [0.4, 0.5) is 0 Å². The summed E-state index contributed by atoms with van der Waals surface area (Å²) in [4.78, 5) is 0. The Morgan fingerprint density at radius 3 is 2.23 bits per heavy atom. The first-order valence-corrected chi connectivity index (χ1v) is 4.29. The van der Waals surface area contributed by atoms with E-state index in [1.54, 1.807) is 0 Å². The van der Waals surface area contributed by atoms with Crippen molar-refractivity contribution in [2.45, 2.75) is 20.8 Å². The van der Waals surface area contributed by atoms with E-state index in [4.69, 9.17) is 11.2 Å². The van der Waals surface area contributed by atoms with Crippen molar-refractivity contribution < 1.29 is 4.74 Å². The lowest BCUT2D eigenvalue weighted by molar-refractivity contribution is 0.365. The summed E-state index contributed by atoms with van der Waals surface area (Å²) in [5.41, 5.74) is 3.54. The fourth-order valence-electron chi connectivity index (χ4n) is 1.51. The summed E-state index contributed by atoms with van der Waals surface area (Å²) < 4.78 is 5.44. The molecule has 1 rings (SSSR count). The van der Waals surface area contributed by atoms with E-state index in [2.05, 4.69) is 25.0 Å². The zero-order valence-electron chi connectivity index (χ0n) is 8.35. The standard InChI is InChI=1S/C12H14O/c1-5-6-13-12-10(3)7-9(2)8-11(12)4/h1,7-8H,6H2,2-4H3. The number of hydrogen-bond acceptors (Lipinski definition) is 1. The summed E-state index contributed by atoms with van der Waals surface area (Å²) in [6.45, 7) is 6.48. The van der Waals surface area contributed by atoms with Crippen molar-refractivity contribution in [1.82, 2.24) is 0 Å². The van der Waals surface area contributed by atoms with Gasteiger partial charge in [0.1, 0.15) is 12.4 Å². The van der Waals surface area contributed by atoms with Crippen molar-refractivity contribution in [1.29, 1.82) is 0 Å². The van der Waals surface area contributed by atoms with Crippen LogP contribution in [-0.4, -0.2) is 6.61 Å². The summed E-state index contributed by atoms with van der Waals surface area (Å²) in [7, 11) is 0. The minimum Gasteiger partial charge on any atom is -0.480 e. The molecule has 0 atom stereocenters. The summed E-state index contributed by atoms with van der Waals surface area (Å²) in [5.74, 6) is 3.38. The van der Waals surface area contributed by atoms with Crippen LogP contribution in [0.1, 0.15) is 16.7 Å². The number of benzene rings is 1. The maximum atomic E-state index is 5.44. The highest BCUT2D eigenvalue weighted by molar-refractivity contribution is 5.43. The monoisotopic (exact) mass is 174 g/mol. The molecule has 0 aromatic heterocycles. The van der Waals surface area contributed by atoms with Gasteiger partial charge in [0.15, 0.2) is 0 Å². The highest BCUT2D eigenvalue weighted by atomic mass is 16.5. The van der Waals surface area contributed by atoms with Crippen molar-refractivity contribution in [3.63, 3.8) is 0 Å². The largest absolute Gasteiger partial charge is 0.480 e. The Morgan fingerprint density at radius 2 is 1.77 bits per heavy atom. The molecule has 1 aromatic carbocycles. The maximum Gasteiger partial charge on any atom is 0.148 e. The average molecular weight is 174 g/mol. The summed E-state index contributed by atoms with van der Waals surface area (Å²) in [6.07, 6.45) is 5.13. The molecule has 68 valence electrons. The van der Waals surface area contributed by atoms with E-state index in [1.165, 1.54) is 5.56 Å². The maximum absolute atomic E-state index is 5.44. The first-order valence-electron chi connectivity index (χ1n) is 4.29. The zero-order chi connectivity index (χ0) is 9.84. The summed E-state index contributed by atoms with van der Waals surface area (Å²) in [5, 5.41) is 0. The second-order valence-electron chi connectivity index (χ2n) is 3.22. The van der Waals surface area contributed by atoms with Gasteiger partial charge in [0.2, 0.25) is 0 Å². The Labute approximate surface area is 79.7 Å². The van der Waals surface area contributed by atoms with Crippen LogP contribution < -0.4 is 4.74 Å². The number of ether oxygens (including phenoxy) is 1. The molecule has 0 unspecified atom stereocenters. The van der Waals surface area contributed by atoms with E-state index in [0.29, 0.717) is 6.61 Å². The molecule has 0 heterocycles. The van der Waals surface area contributed by atoms with E-state index in [-0.39, 0.29) is 0 Å². The first-order chi connectivity index (χ1) is 6.15. The third-order valence-electron chi connectivity index (χ3n) is 1.90. The van der Waals surface area contributed by atoms with E-state index in [0.717, 1.165) is 16.9 Å². The Balaban J connectivity index is 3.00. The van der Waals surface area contributed by atoms with Gasteiger partial charge in [0.25, 0.3) is 0 Å². The predicted octanol–water partition coefficient (Wildman–Crippen LogP) is 2.62. The molecule has 0 saturated carbocycles. The van der Waals surface area contributed by atoms with Gasteiger partial charge in [-0.25, -0.2) is 0 Å². The highest BCUT2D eigenvalue weighted by Gasteiger charge is 2.03. The molecular formula is C12H14O. The SMILES string of the molecule is C#CCOc1c(C)cc(C)cc1C. The van der Waals surface area contributed by atoms with Crippen molar-refractivity contribution in [3.8, 4) is 18.1 Å². The molecule has 0 fully saturated rings. The molecule has 1 heteroatoms. The molecule has 0 saturated heterocycles. The van der Waals surface area contributed by atoms with Crippen LogP contribution in [0.15, 0.2) is 12.1 Å². The second-order valence-corrected chi connectivity index (χ2v) is 3.22. The molecule has 0 bridgehead atoms. The molecule has 0 N–H and O–H groups in total. The normalized spacial score (nSPS) is 9.38. The van der Waals surface area contributed by atoms with Crippen LogP contribution in [0.5, 0.6) is 5.75 Å². The fraction of sp³-hybridized carbons (Fsp3) is 0.333. The fourth-order valence-corrected chi connectivity index (χ4v) is 1.51. The molecule has 0 spiro atoms. The van der Waals surface area contributed by atoms with Crippen LogP contribution in [0.25, 0.3) is 0 Å². The van der Waals surface area contributed by atoms with Crippen LogP contribution in [-0.2, 0) is 0 Å². The zero-order valence-corrected chi connectivity index (χ0v) is 8.35. The summed E-state index contributed by atoms with van der Waals surface area (Å²) >= 11 is 0. The summed E-state index contributed by atoms with van der Waals surface area (Å²) in [6, 6.07) is 4.19. The Kier molecular flexibility index (Phi) is 2.97. The van der Waals surface area contributed by atoms with Crippen LogP contribution in [0.2, 0.25) is 0 Å². The molecule has 1 aromatic rings. The van der Waals surface area contributed by atoms with E-state index < -0.39 is 0 Å². The highest BCUT2D eigenvalue weighted by Crippen LogP contribution is 2.24.